The van der Waals surface area contributed by atoms with Gasteiger partial charge in [0.05, 0.1) is 0 Å². The molecule has 21 heavy (non-hydrogen) atoms. The Hall–Kier alpha value is -1.02. The number of benzene rings is 1. The molecule has 1 rings (SSSR count). The lowest BCUT2D eigenvalue weighted by atomic mass is 10.0. The third kappa shape index (κ3) is 6.99. The van der Waals surface area contributed by atoms with Crippen LogP contribution in [-0.4, -0.2) is 19.2 Å². The first-order valence-electron chi connectivity index (χ1n) is 8.51. The fourth-order valence-electron chi connectivity index (χ4n) is 2.40. The van der Waals surface area contributed by atoms with Crippen molar-refractivity contribution in [3.63, 3.8) is 0 Å². The van der Waals surface area contributed by atoms with Crippen molar-refractivity contribution < 1.29 is 4.74 Å². The Morgan fingerprint density at radius 3 is 2.57 bits per heavy atom. The second-order valence-electron chi connectivity index (χ2n) is 6.38. The van der Waals surface area contributed by atoms with Gasteiger partial charge in [-0.2, -0.15) is 0 Å². The number of hydrogen-bond acceptors (Lipinski definition) is 2. The Bertz CT molecular complexity index is 401. The molecule has 0 spiro atoms. The Labute approximate surface area is 131 Å². The van der Waals surface area contributed by atoms with Crippen LogP contribution in [-0.2, 0) is 0 Å². The van der Waals surface area contributed by atoms with Gasteiger partial charge in [0.25, 0.3) is 0 Å². The highest BCUT2D eigenvalue weighted by Gasteiger charge is 2.05. The van der Waals surface area contributed by atoms with E-state index in [2.05, 4.69) is 58.1 Å². The van der Waals surface area contributed by atoms with Crippen molar-refractivity contribution in [2.75, 3.05) is 13.2 Å². The third-order valence-electron chi connectivity index (χ3n) is 3.97. The highest BCUT2D eigenvalue weighted by Crippen LogP contribution is 2.24. The van der Waals surface area contributed by atoms with Crippen LogP contribution < -0.4 is 10.1 Å². The summed E-state index contributed by atoms with van der Waals surface area (Å²) in [6, 6.07) is 7.13. The minimum Gasteiger partial charge on any atom is -0.492 e. The van der Waals surface area contributed by atoms with Crippen LogP contribution in [0, 0.1) is 6.92 Å². The van der Waals surface area contributed by atoms with E-state index in [1.165, 1.54) is 36.8 Å². The molecule has 0 amide bonds. The molecular weight excluding hydrogens is 258 g/mol. The lowest BCUT2D eigenvalue weighted by molar-refractivity contribution is 0.302. The van der Waals surface area contributed by atoms with Gasteiger partial charge in [-0.25, -0.2) is 0 Å². The second kappa shape index (κ2) is 9.83. The third-order valence-corrected chi connectivity index (χ3v) is 3.97. The van der Waals surface area contributed by atoms with Gasteiger partial charge in [-0.1, -0.05) is 52.2 Å². The zero-order valence-electron chi connectivity index (χ0n) is 14.5. The van der Waals surface area contributed by atoms with E-state index in [1.54, 1.807) is 0 Å². The number of rotatable bonds is 10. The predicted molar refractivity (Wildman–Crippen MR) is 92.4 cm³/mol. The molecule has 1 atom stereocenters. The highest BCUT2D eigenvalue weighted by molar-refractivity contribution is 5.37. The van der Waals surface area contributed by atoms with Gasteiger partial charge in [0.2, 0.25) is 0 Å². The number of hydrogen-bond donors (Lipinski definition) is 1. The van der Waals surface area contributed by atoms with Crippen LogP contribution in [0.15, 0.2) is 18.2 Å². The van der Waals surface area contributed by atoms with Crippen LogP contribution in [0.4, 0.5) is 0 Å². The van der Waals surface area contributed by atoms with Crippen LogP contribution >= 0.6 is 0 Å². The molecule has 0 aromatic heterocycles. The summed E-state index contributed by atoms with van der Waals surface area (Å²) in [4.78, 5) is 0. The smallest absolute Gasteiger partial charge is 0.122 e. The van der Waals surface area contributed by atoms with E-state index in [-0.39, 0.29) is 0 Å². The molecule has 0 saturated carbocycles. The van der Waals surface area contributed by atoms with Crippen molar-refractivity contribution in [2.45, 2.75) is 72.3 Å². The van der Waals surface area contributed by atoms with E-state index in [0.29, 0.717) is 12.0 Å². The van der Waals surface area contributed by atoms with Gasteiger partial charge in [0.15, 0.2) is 0 Å². The Morgan fingerprint density at radius 2 is 1.90 bits per heavy atom. The fraction of sp³-hybridized carbons (Fsp3) is 0.684. The van der Waals surface area contributed by atoms with Gasteiger partial charge in [0, 0.05) is 12.6 Å². The average molecular weight is 291 g/mol. The molecule has 120 valence electrons. The van der Waals surface area contributed by atoms with Crippen LogP contribution in [0.3, 0.4) is 0 Å². The summed E-state index contributed by atoms with van der Waals surface area (Å²) in [6.07, 6.45) is 5.21. The molecule has 1 aromatic rings. The Balaban J connectivity index is 2.30. The van der Waals surface area contributed by atoms with Crippen molar-refractivity contribution in [1.82, 2.24) is 5.32 Å². The zero-order valence-corrected chi connectivity index (χ0v) is 14.5. The molecule has 1 N–H and O–H groups in total. The summed E-state index contributed by atoms with van der Waals surface area (Å²) in [6.45, 7) is 12.7. The molecule has 2 heteroatoms. The molecule has 0 fully saturated rings. The largest absolute Gasteiger partial charge is 0.492 e. The lowest BCUT2D eigenvalue weighted by Gasteiger charge is -2.16. The summed E-state index contributed by atoms with van der Waals surface area (Å²) in [5, 5.41) is 3.54. The fourth-order valence-corrected chi connectivity index (χ4v) is 2.40. The molecule has 1 unspecified atom stereocenters. The van der Waals surface area contributed by atoms with Crippen LogP contribution in [0.1, 0.15) is 70.4 Å². The number of aryl methyl sites for hydroxylation is 1. The average Bonchev–Trinajstić information content (AvgIpc) is 2.45. The SMILES string of the molecule is CCCCCC(C)NCCOc1cc(C(C)C)ccc1C. The molecule has 0 bridgehead atoms. The summed E-state index contributed by atoms with van der Waals surface area (Å²) in [5.74, 6) is 1.58. The topological polar surface area (TPSA) is 21.3 Å². The van der Waals surface area contributed by atoms with Gasteiger partial charge in [-0.05, 0) is 43.4 Å². The van der Waals surface area contributed by atoms with E-state index >= 15 is 0 Å². The highest BCUT2D eigenvalue weighted by atomic mass is 16.5. The van der Waals surface area contributed by atoms with Gasteiger partial charge in [-0.3, -0.25) is 0 Å². The molecule has 0 radical (unpaired) electrons. The van der Waals surface area contributed by atoms with E-state index in [4.69, 9.17) is 4.74 Å². The summed E-state index contributed by atoms with van der Waals surface area (Å²) in [7, 11) is 0. The molecule has 2 nitrogen and oxygen atoms in total. The number of nitrogens with one attached hydrogen (secondary N) is 1. The van der Waals surface area contributed by atoms with Crippen molar-refractivity contribution in [1.29, 1.82) is 0 Å². The van der Waals surface area contributed by atoms with E-state index < -0.39 is 0 Å². The van der Waals surface area contributed by atoms with E-state index in [0.717, 1.165) is 18.9 Å². The first-order valence-corrected chi connectivity index (χ1v) is 8.51. The van der Waals surface area contributed by atoms with E-state index in [9.17, 15) is 0 Å². The summed E-state index contributed by atoms with van der Waals surface area (Å²) in [5.41, 5.74) is 2.56. The van der Waals surface area contributed by atoms with Gasteiger partial charge >= 0.3 is 0 Å². The number of ether oxygens (including phenoxy) is 1. The van der Waals surface area contributed by atoms with E-state index in [1.807, 2.05) is 0 Å². The maximum absolute atomic E-state index is 5.94. The van der Waals surface area contributed by atoms with Crippen molar-refractivity contribution in [3.05, 3.63) is 29.3 Å². The Kier molecular flexibility index (Phi) is 8.44. The lowest BCUT2D eigenvalue weighted by Crippen LogP contribution is -2.30. The van der Waals surface area contributed by atoms with Gasteiger partial charge < -0.3 is 10.1 Å². The molecule has 0 aliphatic rings. The normalized spacial score (nSPS) is 12.7. The van der Waals surface area contributed by atoms with Crippen molar-refractivity contribution in [3.8, 4) is 5.75 Å². The quantitative estimate of drug-likeness (QED) is 0.609. The van der Waals surface area contributed by atoms with Crippen molar-refractivity contribution in [2.24, 2.45) is 0 Å². The summed E-state index contributed by atoms with van der Waals surface area (Å²) >= 11 is 0. The van der Waals surface area contributed by atoms with Crippen molar-refractivity contribution >= 4 is 0 Å². The van der Waals surface area contributed by atoms with Gasteiger partial charge in [-0.15, -0.1) is 0 Å². The molecule has 1 aromatic carbocycles. The number of unbranched alkanes of at least 4 members (excludes halogenated alkanes) is 2. The molecule has 0 aliphatic carbocycles. The first kappa shape index (κ1) is 18.0. The predicted octanol–water partition coefficient (Wildman–Crippen LogP) is 5.06. The minimum atomic E-state index is 0.546. The van der Waals surface area contributed by atoms with Crippen LogP contribution in [0.25, 0.3) is 0 Å². The first-order chi connectivity index (χ1) is 10.0. The molecule has 0 aliphatic heterocycles. The molecule has 0 heterocycles. The maximum Gasteiger partial charge on any atom is 0.122 e. The molecule has 0 saturated heterocycles. The minimum absolute atomic E-state index is 0.546. The Morgan fingerprint density at radius 1 is 1.14 bits per heavy atom. The molecular formula is C19H33NO. The van der Waals surface area contributed by atoms with Crippen LogP contribution in [0.5, 0.6) is 5.75 Å². The van der Waals surface area contributed by atoms with Gasteiger partial charge in [0.1, 0.15) is 12.4 Å². The second-order valence-corrected chi connectivity index (χ2v) is 6.38. The standard InChI is InChI=1S/C19H33NO/c1-6-7-8-9-17(5)20-12-13-21-19-14-18(15(2)3)11-10-16(19)4/h10-11,14-15,17,20H,6-9,12-13H2,1-5H3. The van der Waals surface area contributed by atoms with Crippen LogP contribution in [0.2, 0.25) is 0 Å². The summed E-state index contributed by atoms with van der Waals surface area (Å²) < 4.78 is 5.94. The monoisotopic (exact) mass is 291 g/mol. The maximum atomic E-state index is 5.94. The zero-order chi connectivity index (χ0) is 15.7.